The van der Waals surface area contributed by atoms with Crippen molar-refractivity contribution in [1.29, 1.82) is 0 Å². The summed E-state index contributed by atoms with van der Waals surface area (Å²) in [6.45, 7) is 2.49. The lowest BCUT2D eigenvalue weighted by molar-refractivity contribution is -0.136. The molecule has 0 aliphatic heterocycles. The molecule has 3 N–H and O–H groups in total. The maximum Gasteiger partial charge on any atom is 0.255 e. The zero-order chi connectivity index (χ0) is 30.3. The number of rotatable bonds is 12. The third kappa shape index (κ3) is 8.24. The van der Waals surface area contributed by atoms with Crippen LogP contribution in [0.1, 0.15) is 60.9 Å². The van der Waals surface area contributed by atoms with Crippen molar-refractivity contribution >= 4 is 23.2 Å². The normalized spacial score (nSPS) is 18.3. The summed E-state index contributed by atoms with van der Waals surface area (Å²) in [5.74, 6) is 0.367. The number of nitrogens with zero attached hydrogens (tertiary/aromatic N) is 3. The molecule has 3 aromatic rings. The minimum Gasteiger partial charge on any atom is -0.373 e. The van der Waals surface area contributed by atoms with Gasteiger partial charge in [0.15, 0.2) is 0 Å². The minimum absolute atomic E-state index is 0.129. The lowest BCUT2D eigenvalue weighted by Crippen LogP contribution is -2.44. The van der Waals surface area contributed by atoms with Crippen LogP contribution in [-0.2, 0) is 11.3 Å². The van der Waals surface area contributed by atoms with Crippen molar-refractivity contribution < 1.29 is 9.59 Å². The molecule has 228 valence electrons. The maximum atomic E-state index is 13.4. The summed E-state index contributed by atoms with van der Waals surface area (Å²) in [6, 6.07) is 24.7. The second kappa shape index (κ2) is 14.2. The van der Waals surface area contributed by atoms with Gasteiger partial charge in [-0.25, -0.2) is 0 Å². The smallest absolute Gasteiger partial charge is 0.255 e. The van der Waals surface area contributed by atoms with Crippen molar-refractivity contribution in [2.45, 2.75) is 63.6 Å². The molecule has 0 atom stereocenters. The molecular weight excluding hydrogens is 534 g/mol. The molecule has 2 aliphatic rings. The number of hydrogen-bond donors (Lipinski definition) is 2. The van der Waals surface area contributed by atoms with Gasteiger partial charge in [0.25, 0.3) is 5.91 Å². The highest BCUT2D eigenvalue weighted by atomic mass is 16.2. The molecule has 7 heteroatoms. The maximum absolute atomic E-state index is 13.4. The number of carbonyl (C=O) groups is 2. The summed E-state index contributed by atoms with van der Waals surface area (Å²) in [5, 5.41) is 3.19. The van der Waals surface area contributed by atoms with Crippen LogP contribution in [0, 0.1) is 5.92 Å². The first-order chi connectivity index (χ1) is 20.8. The Morgan fingerprint density at radius 2 is 1.53 bits per heavy atom. The van der Waals surface area contributed by atoms with Crippen molar-refractivity contribution in [1.82, 2.24) is 9.80 Å². The van der Waals surface area contributed by atoms with E-state index in [1.807, 2.05) is 30.3 Å². The second-order valence-electron chi connectivity index (χ2n) is 12.6. The molecular formula is C36H47N5O2. The molecule has 7 nitrogen and oxygen atoms in total. The molecule has 0 aromatic heterocycles. The molecule has 0 radical (unpaired) electrons. The van der Waals surface area contributed by atoms with E-state index in [-0.39, 0.29) is 23.9 Å². The van der Waals surface area contributed by atoms with E-state index in [1.165, 1.54) is 0 Å². The Kier molecular flexibility index (Phi) is 10.2. The van der Waals surface area contributed by atoms with Gasteiger partial charge in [0, 0.05) is 43.7 Å². The first-order valence-corrected chi connectivity index (χ1v) is 15.8. The Bertz CT molecular complexity index is 1380. The van der Waals surface area contributed by atoms with Gasteiger partial charge in [-0.2, -0.15) is 0 Å². The number of nitrogens with two attached hydrogens (primary N) is 1. The van der Waals surface area contributed by atoms with Gasteiger partial charge >= 0.3 is 0 Å². The van der Waals surface area contributed by atoms with Crippen molar-refractivity contribution in [3.05, 3.63) is 83.9 Å². The minimum atomic E-state index is -0.129. The standard InChI is InChI=1S/C36H47N5O2/c1-39(2)21-8-22-40(3)34-20-15-30(24-33(34)38-35(42)27-10-5-4-6-11-27)29-12-7-9-26(23-29)25-41(36(43)28-13-14-28)32-18-16-31(37)17-19-32/h4-7,9-12,15,20,23-24,28,31-32H,8,13-14,16-19,21-22,25,37H2,1-3H3,(H,38,42). The molecule has 0 unspecified atom stereocenters. The molecule has 0 spiro atoms. The predicted molar refractivity (Wildman–Crippen MR) is 176 cm³/mol. The summed E-state index contributed by atoms with van der Waals surface area (Å²) in [4.78, 5) is 33.1. The number of amides is 2. The molecule has 43 heavy (non-hydrogen) atoms. The van der Waals surface area contributed by atoms with Gasteiger partial charge in [-0.1, -0.05) is 42.5 Å². The summed E-state index contributed by atoms with van der Waals surface area (Å²) in [6.07, 6.45) is 6.95. The van der Waals surface area contributed by atoms with E-state index in [0.717, 1.165) is 86.1 Å². The van der Waals surface area contributed by atoms with Crippen LogP contribution < -0.4 is 16.0 Å². The van der Waals surface area contributed by atoms with Gasteiger partial charge < -0.3 is 25.8 Å². The molecule has 3 aromatic carbocycles. The van der Waals surface area contributed by atoms with E-state index in [0.29, 0.717) is 18.0 Å². The van der Waals surface area contributed by atoms with Gasteiger partial charge in [0.1, 0.15) is 0 Å². The number of carbonyl (C=O) groups excluding carboxylic acids is 2. The molecule has 2 fully saturated rings. The van der Waals surface area contributed by atoms with Crippen LogP contribution in [0.25, 0.3) is 11.1 Å². The van der Waals surface area contributed by atoms with Crippen LogP contribution in [0.5, 0.6) is 0 Å². The summed E-state index contributed by atoms with van der Waals surface area (Å²) >= 11 is 0. The fourth-order valence-corrected chi connectivity index (χ4v) is 6.09. The molecule has 0 saturated heterocycles. The highest BCUT2D eigenvalue weighted by Crippen LogP contribution is 2.36. The Balaban J connectivity index is 1.40. The average molecular weight is 582 g/mol. The first kappa shape index (κ1) is 30.8. The molecule has 2 amide bonds. The van der Waals surface area contributed by atoms with Crippen LogP contribution in [0.2, 0.25) is 0 Å². The zero-order valence-electron chi connectivity index (χ0n) is 26.0. The van der Waals surface area contributed by atoms with Crippen LogP contribution >= 0.6 is 0 Å². The lowest BCUT2D eigenvalue weighted by Gasteiger charge is -2.36. The molecule has 2 aliphatic carbocycles. The Hall–Kier alpha value is -3.68. The summed E-state index contributed by atoms with van der Waals surface area (Å²) in [5.41, 5.74) is 11.8. The van der Waals surface area contributed by atoms with E-state index in [4.69, 9.17) is 5.73 Å². The van der Waals surface area contributed by atoms with E-state index >= 15 is 0 Å². The van der Waals surface area contributed by atoms with Gasteiger partial charge in [0.05, 0.1) is 11.4 Å². The van der Waals surface area contributed by atoms with Crippen LogP contribution in [0.3, 0.4) is 0 Å². The van der Waals surface area contributed by atoms with Crippen molar-refractivity contribution in [3.63, 3.8) is 0 Å². The average Bonchev–Trinajstić information content (AvgIpc) is 3.86. The van der Waals surface area contributed by atoms with Crippen LogP contribution in [0.4, 0.5) is 11.4 Å². The monoisotopic (exact) mass is 581 g/mol. The molecule has 0 heterocycles. The third-order valence-electron chi connectivity index (χ3n) is 8.80. The van der Waals surface area contributed by atoms with Crippen molar-refractivity contribution in [2.75, 3.05) is 44.4 Å². The van der Waals surface area contributed by atoms with Gasteiger partial charge in [-0.05, 0) is 113 Å². The van der Waals surface area contributed by atoms with E-state index in [2.05, 4.69) is 83.6 Å². The van der Waals surface area contributed by atoms with Gasteiger partial charge in [-0.15, -0.1) is 0 Å². The van der Waals surface area contributed by atoms with Gasteiger partial charge in [0.2, 0.25) is 5.91 Å². The lowest BCUT2D eigenvalue weighted by atomic mass is 9.90. The number of nitrogens with one attached hydrogen (secondary N) is 1. The largest absolute Gasteiger partial charge is 0.373 e. The first-order valence-electron chi connectivity index (χ1n) is 15.8. The molecule has 0 bridgehead atoms. The molecule has 5 rings (SSSR count). The predicted octanol–water partition coefficient (Wildman–Crippen LogP) is 6.00. The quantitative estimate of drug-likeness (QED) is 0.274. The summed E-state index contributed by atoms with van der Waals surface area (Å²) < 4.78 is 0. The second-order valence-corrected chi connectivity index (χ2v) is 12.6. The Labute approximate surface area is 257 Å². The third-order valence-corrected chi connectivity index (χ3v) is 8.80. The van der Waals surface area contributed by atoms with Gasteiger partial charge in [-0.3, -0.25) is 9.59 Å². The Morgan fingerprint density at radius 3 is 2.23 bits per heavy atom. The molecule has 2 saturated carbocycles. The zero-order valence-corrected chi connectivity index (χ0v) is 26.0. The van der Waals surface area contributed by atoms with Crippen molar-refractivity contribution in [3.8, 4) is 11.1 Å². The van der Waals surface area contributed by atoms with E-state index < -0.39 is 0 Å². The summed E-state index contributed by atoms with van der Waals surface area (Å²) in [7, 11) is 6.24. The number of anilines is 2. The number of benzene rings is 3. The van der Waals surface area contributed by atoms with E-state index in [9.17, 15) is 9.59 Å². The van der Waals surface area contributed by atoms with E-state index in [1.54, 1.807) is 0 Å². The Morgan fingerprint density at radius 1 is 0.814 bits per heavy atom. The van der Waals surface area contributed by atoms with Crippen LogP contribution in [-0.4, -0.2) is 67.9 Å². The topological polar surface area (TPSA) is 81.9 Å². The fourth-order valence-electron chi connectivity index (χ4n) is 6.09. The number of hydrogen-bond acceptors (Lipinski definition) is 5. The SMILES string of the molecule is CN(C)CCCN(C)c1ccc(-c2cccc(CN(C(=O)C3CC3)C3CCC(N)CC3)c2)cc1NC(=O)c1ccccc1. The van der Waals surface area contributed by atoms with Crippen LogP contribution in [0.15, 0.2) is 72.8 Å². The highest BCUT2D eigenvalue weighted by molar-refractivity contribution is 6.06. The highest BCUT2D eigenvalue weighted by Gasteiger charge is 2.37. The fraction of sp³-hybridized carbons (Fsp3) is 0.444. The van der Waals surface area contributed by atoms with Crippen molar-refractivity contribution in [2.24, 2.45) is 11.7 Å².